The van der Waals surface area contributed by atoms with Crippen molar-refractivity contribution >= 4 is 27.3 Å². The molecule has 27 heavy (non-hydrogen) atoms. The number of aliphatic imine (C=N–C) groups is 1. The average Bonchev–Trinajstić information content (AvgIpc) is 3.07. The number of quaternary nitrogens is 1. The van der Waals surface area contributed by atoms with Crippen LogP contribution in [0.3, 0.4) is 0 Å². The first-order valence-corrected chi connectivity index (χ1v) is 10.4. The second-order valence-electron chi connectivity index (χ2n) is 6.66. The molecule has 0 amide bonds. The van der Waals surface area contributed by atoms with Crippen LogP contribution >= 0.6 is 11.6 Å². The number of amidine groups is 1. The summed E-state index contributed by atoms with van der Waals surface area (Å²) >= 11 is 6.13. The normalized spacial score (nSPS) is 20.6. The summed E-state index contributed by atoms with van der Waals surface area (Å²) in [5.41, 5.74) is 1.87. The Balaban J connectivity index is 1.64. The molecule has 2 aromatic rings. The molecular formula is C21H18ClN2O2S+. The molecule has 6 heteroatoms. The van der Waals surface area contributed by atoms with E-state index in [1.54, 1.807) is 36.5 Å². The standard InChI is InChI=1S/C21H18ClN2O2S/c1-16-5-10-19(22)20(14-16)27(25,26)18-8-6-17(7-9-18)15-24-12-3-2-4-21(24)23-11-13-24/h2-14H,15H2,1H3/q+1. The second-order valence-corrected chi connectivity index (χ2v) is 8.98. The molecule has 2 aliphatic rings. The maximum absolute atomic E-state index is 13.0. The van der Waals surface area contributed by atoms with Gasteiger partial charge in [0.25, 0.3) is 0 Å². The lowest BCUT2D eigenvalue weighted by Gasteiger charge is -2.28. The van der Waals surface area contributed by atoms with E-state index in [0.29, 0.717) is 11.0 Å². The van der Waals surface area contributed by atoms with E-state index in [1.807, 2.05) is 43.5 Å². The lowest BCUT2D eigenvalue weighted by molar-refractivity contribution is -0.743. The zero-order valence-electron chi connectivity index (χ0n) is 14.7. The molecule has 1 unspecified atom stereocenters. The fraction of sp³-hybridized carbons (Fsp3) is 0.0952. The number of fused-ring (bicyclic) bond motifs is 1. The summed E-state index contributed by atoms with van der Waals surface area (Å²) in [6.45, 7) is 2.51. The highest BCUT2D eigenvalue weighted by atomic mass is 35.5. The van der Waals surface area contributed by atoms with Gasteiger partial charge in [0, 0.05) is 11.6 Å². The summed E-state index contributed by atoms with van der Waals surface area (Å²) in [5, 5.41) is 0.233. The van der Waals surface area contributed by atoms with Crippen LogP contribution in [0.1, 0.15) is 11.1 Å². The molecule has 0 aliphatic carbocycles. The molecule has 2 aliphatic heterocycles. The van der Waals surface area contributed by atoms with Gasteiger partial charge in [-0.15, -0.1) is 0 Å². The van der Waals surface area contributed by atoms with E-state index in [2.05, 4.69) is 11.2 Å². The van der Waals surface area contributed by atoms with Crippen molar-refractivity contribution in [2.75, 3.05) is 0 Å². The lowest BCUT2D eigenvalue weighted by Crippen LogP contribution is -2.40. The molecule has 2 heterocycles. The van der Waals surface area contributed by atoms with Crippen LogP contribution in [-0.4, -0.2) is 18.7 Å². The summed E-state index contributed by atoms with van der Waals surface area (Å²) in [7, 11) is -3.66. The highest BCUT2D eigenvalue weighted by Gasteiger charge is 2.33. The average molecular weight is 398 g/mol. The van der Waals surface area contributed by atoms with Gasteiger partial charge in [-0.25, -0.2) is 12.9 Å². The number of sulfone groups is 1. The van der Waals surface area contributed by atoms with Crippen molar-refractivity contribution in [1.29, 1.82) is 0 Å². The summed E-state index contributed by atoms with van der Waals surface area (Å²) in [6.07, 6.45) is 11.8. The molecule has 0 fully saturated rings. The molecule has 4 nitrogen and oxygen atoms in total. The van der Waals surface area contributed by atoms with E-state index in [9.17, 15) is 8.42 Å². The number of benzene rings is 2. The van der Waals surface area contributed by atoms with Crippen molar-refractivity contribution in [2.45, 2.75) is 23.3 Å². The molecule has 1 atom stereocenters. The first-order chi connectivity index (χ1) is 12.9. The fourth-order valence-corrected chi connectivity index (χ4v) is 5.11. The van der Waals surface area contributed by atoms with Crippen LogP contribution < -0.4 is 0 Å². The van der Waals surface area contributed by atoms with Gasteiger partial charge >= 0.3 is 0 Å². The van der Waals surface area contributed by atoms with Crippen LogP contribution in [0.4, 0.5) is 0 Å². The number of allylic oxidation sites excluding steroid dienone is 2. The molecule has 0 bridgehead atoms. The Hall–Kier alpha value is -2.47. The van der Waals surface area contributed by atoms with Gasteiger partial charge in [0.05, 0.1) is 21.0 Å². The van der Waals surface area contributed by atoms with Gasteiger partial charge in [-0.05, 0) is 48.9 Å². The molecule has 2 aromatic carbocycles. The fourth-order valence-electron chi connectivity index (χ4n) is 3.27. The van der Waals surface area contributed by atoms with Crippen molar-refractivity contribution in [3.8, 4) is 0 Å². The van der Waals surface area contributed by atoms with Gasteiger partial charge in [0.1, 0.15) is 18.9 Å². The Morgan fingerprint density at radius 2 is 1.81 bits per heavy atom. The van der Waals surface area contributed by atoms with Crippen LogP contribution in [0.25, 0.3) is 0 Å². The third kappa shape index (κ3) is 3.18. The van der Waals surface area contributed by atoms with Gasteiger partial charge < -0.3 is 0 Å². The van der Waals surface area contributed by atoms with E-state index < -0.39 is 9.84 Å². The SMILES string of the molecule is Cc1ccc(Cl)c(S(=O)(=O)c2ccc(C[N+]34C=CC=CC3=NC=C4)cc2)c1. The molecule has 0 saturated carbocycles. The van der Waals surface area contributed by atoms with E-state index in [0.717, 1.165) is 17.0 Å². The smallest absolute Gasteiger partial charge is 0.218 e. The Morgan fingerprint density at radius 3 is 2.59 bits per heavy atom. The minimum absolute atomic E-state index is 0.139. The van der Waals surface area contributed by atoms with Crippen molar-refractivity contribution in [1.82, 2.24) is 0 Å². The van der Waals surface area contributed by atoms with Crippen LogP contribution in [0, 0.1) is 6.92 Å². The van der Waals surface area contributed by atoms with E-state index in [1.165, 1.54) is 0 Å². The van der Waals surface area contributed by atoms with E-state index in [4.69, 9.17) is 11.6 Å². The molecule has 0 saturated heterocycles. The maximum Gasteiger partial charge on any atom is 0.237 e. The molecule has 136 valence electrons. The van der Waals surface area contributed by atoms with E-state index >= 15 is 0 Å². The Labute approximate surface area is 163 Å². The van der Waals surface area contributed by atoms with Crippen molar-refractivity contribution in [3.05, 3.63) is 95.4 Å². The minimum Gasteiger partial charge on any atom is -0.218 e. The van der Waals surface area contributed by atoms with Crippen LogP contribution in [0.15, 0.2) is 94.1 Å². The number of rotatable bonds is 4. The predicted molar refractivity (Wildman–Crippen MR) is 107 cm³/mol. The molecular weight excluding hydrogens is 380 g/mol. The monoisotopic (exact) mass is 397 g/mol. The van der Waals surface area contributed by atoms with Crippen LogP contribution in [0.5, 0.6) is 0 Å². The summed E-state index contributed by atoms with van der Waals surface area (Å²) in [5.74, 6) is 0.945. The quantitative estimate of drug-likeness (QED) is 0.698. The number of aryl methyl sites for hydroxylation is 1. The Bertz CT molecular complexity index is 1130. The van der Waals surface area contributed by atoms with Gasteiger partial charge in [-0.1, -0.05) is 29.8 Å². The second kappa shape index (κ2) is 6.60. The zero-order valence-corrected chi connectivity index (χ0v) is 16.3. The molecule has 0 N–H and O–H groups in total. The topological polar surface area (TPSA) is 46.5 Å². The Morgan fingerprint density at radius 1 is 1.04 bits per heavy atom. The Kier molecular flexibility index (Phi) is 4.38. The minimum atomic E-state index is -3.66. The first-order valence-electron chi connectivity index (χ1n) is 8.50. The summed E-state index contributed by atoms with van der Waals surface area (Å²) < 4.78 is 26.4. The predicted octanol–water partition coefficient (Wildman–Crippen LogP) is 4.76. The van der Waals surface area contributed by atoms with Gasteiger partial charge in [0.15, 0.2) is 0 Å². The van der Waals surface area contributed by atoms with Gasteiger partial charge in [-0.2, -0.15) is 4.99 Å². The van der Waals surface area contributed by atoms with Gasteiger partial charge in [0.2, 0.25) is 15.7 Å². The van der Waals surface area contributed by atoms with Crippen LogP contribution in [-0.2, 0) is 16.4 Å². The third-order valence-corrected chi connectivity index (χ3v) is 6.98. The largest absolute Gasteiger partial charge is 0.237 e. The molecule has 0 spiro atoms. The highest BCUT2D eigenvalue weighted by Crippen LogP contribution is 2.30. The van der Waals surface area contributed by atoms with Gasteiger partial charge in [-0.3, -0.25) is 0 Å². The molecule has 0 aromatic heterocycles. The lowest BCUT2D eigenvalue weighted by atomic mass is 10.1. The number of halogens is 1. The van der Waals surface area contributed by atoms with Crippen molar-refractivity contribution in [2.24, 2.45) is 4.99 Å². The molecule has 4 rings (SSSR count). The number of hydrogen-bond acceptors (Lipinski definition) is 3. The summed E-state index contributed by atoms with van der Waals surface area (Å²) in [6, 6.07) is 12.0. The number of nitrogens with zero attached hydrogens (tertiary/aromatic N) is 2. The van der Waals surface area contributed by atoms with Crippen molar-refractivity contribution < 1.29 is 12.9 Å². The van der Waals surface area contributed by atoms with Crippen LogP contribution in [0.2, 0.25) is 5.02 Å². The highest BCUT2D eigenvalue weighted by molar-refractivity contribution is 7.91. The molecule has 0 radical (unpaired) electrons. The third-order valence-electron chi connectivity index (χ3n) is 4.73. The first kappa shape index (κ1) is 17.9. The van der Waals surface area contributed by atoms with E-state index in [-0.39, 0.29) is 14.8 Å². The zero-order chi connectivity index (χ0) is 19.1. The summed E-state index contributed by atoms with van der Waals surface area (Å²) in [4.78, 5) is 4.77. The van der Waals surface area contributed by atoms with Crippen molar-refractivity contribution in [3.63, 3.8) is 0 Å². The maximum atomic E-state index is 13.0. The number of hydrogen-bond donors (Lipinski definition) is 0.